The summed E-state index contributed by atoms with van der Waals surface area (Å²) in [6, 6.07) is 34.8. The summed E-state index contributed by atoms with van der Waals surface area (Å²) < 4.78 is 22.5. The molecule has 0 spiro atoms. The molecule has 0 fully saturated rings. The third-order valence-electron chi connectivity index (χ3n) is 4.99. The average Bonchev–Trinajstić information content (AvgIpc) is 2.90. The molecule has 4 aromatic rings. The number of hydrogen-bond donors (Lipinski definition) is 0. The predicted octanol–water partition coefficient (Wildman–Crippen LogP) is 6.70. The van der Waals surface area contributed by atoms with Gasteiger partial charge in [-0.2, -0.15) is 0 Å². The van der Waals surface area contributed by atoms with Gasteiger partial charge in [0.15, 0.2) is 0 Å². The lowest BCUT2D eigenvalue weighted by atomic mass is 10.2. The van der Waals surface area contributed by atoms with Crippen LogP contribution in [0.2, 0.25) is 0 Å². The van der Waals surface area contributed by atoms with E-state index in [1.165, 1.54) is 0 Å². The van der Waals surface area contributed by atoms with Crippen molar-refractivity contribution in [2.45, 2.75) is 26.4 Å². The number of hydrogen-bond acceptors (Lipinski definition) is 5. The highest BCUT2D eigenvalue weighted by atomic mass is 16.7. The predicted molar refractivity (Wildman–Crippen MR) is 129 cm³/mol. The van der Waals surface area contributed by atoms with Gasteiger partial charge >= 0.3 is 6.16 Å². The summed E-state index contributed by atoms with van der Waals surface area (Å²) in [6.45, 7) is 1.04. The Morgan fingerprint density at radius 3 is 1.29 bits per heavy atom. The van der Waals surface area contributed by atoms with Gasteiger partial charge < -0.3 is 18.9 Å². The van der Waals surface area contributed by atoms with E-state index in [-0.39, 0.29) is 13.2 Å². The lowest BCUT2D eigenvalue weighted by molar-refractivity contribution is 0.0445. The average molecular weight is 455 g/mol. The van der Waals surface area contributed by atoms with E-state index in [1.807, 2.05) is 109 Å². The quantitative estimate of drug-likeness (QED) is 0.250. The van der Waals surface area contributed by atoms with Crippen LogP contribution in [0.5, 0.6) is 11.5 Å². The Hall–Kier alpha value is -4.25. The van der Waals surface area contributed by atoms with Gasteiger partial charge in [-0.25, -0.2) is 4.79 Å². The zero-order valence-electron chi connectivity index (χ0n) is 18.8. The maximum absolute atomic E-state index is 12.1. The first-order chi connectivity index (χ1) is 16.7. The number of carbonyl (C=O) groups is 1. The monoisotopic (exact) mass is 454 g/mol. The Labute approximate surface area is 199 Å². The molecule has 0 saturated carbocycles. The van der Waals surface area contributed by atoms with Gasteiger partial charge in [-0.1, -0.05) is 91.0 Å². The molecule has 0 saturated heterocycles. The van der Waals surface area contributed by atoms with Crippen LogP contribution in [0, 0.1) is 0 Å². The summed E-state index contributed by atoms with van der Waals surface area (Å²) in [5.74, 6) is 1.26. The van der Waals surface area contributed by atoms with E-state index in [1.54, 1.807) is 0 Å². The topological polar surface area (TPSA) is 54.0 Å². The van der Waals surface area contributed by atoms with Crippen molar-refractivity contribution in [2.24, 2.45) is 0 Å². The van der Waals surface area contributed by atoms with Crippen LogP contribution in [-0.4, -0.2) is 6.16 Å². The molecular weight excluding hydrogens is 428 g/mol. The highest BCUT2D eigenvalue weighted by Gasteiger charge is 2.09. The van der Waals surface area contributed by atoms with Gasteiger partial charge in [0.25, 0.3) is 0 Å². The lowest BCUT2D eigenvalue weighted by Gasteiger charge is -2.13. The SMILES string of the molecule is O=C(OCc1ccccc1)OCc1cc(OCc2ccccc2)cc(OCc2ccccc2)c1. The van der Waals surface area contributed by atoms with Crippen molar-refractivity contribution in [3.8, 4) is 11.5 Å². The Morgan fingerprint density at radius 2 is 0.853 bits per heavy atom. The number of rotatable bonds is 10. The fourth-order valence-electron chi connectivity index (χ4n) is 3.26. The van der Waals surface area contributed by atoms with Crippen molar-refractivity contribution in [1.82, 2.24) is 0 Å². The van der Waals surface area contributed by atoms with Gasteiger partial charge in [-0.05, 0) is 34.4 Å². The summed E-state index contributed by atoms with van der Waals surface area (Å²) in [4.78, 5) is 12.1. The van der Waals surface area contributed by atoms with E-state index >= 15 is 0 Å². The molecule has 5 nitrogen and oxygen atoms in total. The number of carbonyl (C=O) groups excluding carboxylic acids is 1. The van der Waals surface area contributed by atoms with Crippen molar-refractivity contribution < 1.29 is 23.7 Å². The van der Waals surface area contributed by atoms with Crippen molar-refractivity contribution in [3.63, 3.8) is 0 Å². The molecule has 0 aliphatic carbocycles. The fourth-order valence-corrected chi connectivity index (χ4v) is 3.26. The van der Waals surface area contributed by atoms with Gasteiger partial charge in [0.2, 0.25) is 0 Å². The molecule has 0 unspecified atom stereocenters. The van der Waals surface area contributed by atoms with Crippen molar-refractivity contribution in [2.75, 3.05) is 0 Å². The Morgan fingerprint density at radius 1 is 0.471 bits per heavy atom. The zero-order chi connectivity index (χ0) is 23.4. The Kier molecular flexibility index (Phi) is 8.17. The second-order valence-electron chi connectivity index (χ2n) is 7.67. The molecule has 0 aromatic heterocycles. The maximum Gasteiger partial charge on any atom is 0.508 e. The first-order valence-electron chi connectivity index (χ1n) is 11.1. The van der Waals surface area contributed by atoms with E-state index in [9.17, 15) is 4.79 Å². The third-order valence-corrected chi connectivity index (χ3v) is 4.99. The van der Waals surface area contributed by atoms with Crippen molar-refractivity contribution >= 4 is 6.16 Å². The fraction of sp³-hybridized carbons (Fsp3) is 0.138. The molecule has 4 rings (SSSR count). The third kappa shape index (κ3) is 7.41. The largest absolute Gasteiger partial charge is 0.508 e. The lowest BCUT2D eigenvalue weighted by Crippen LogP contribution is -2.08. The van der Waals surface area contributed by atoms with E-state index in [4.69, 9.17) is 18.9 Å². The van der Waals surface area contributed by atoms with Crippen LogP contribution in [0.4, 0.5) is 4.79 Å². The summed E-state index contributed by atoms with van der Waals surface area (Å²) in [5.41, 5.74) is 3.75. The maximum atomic E-state index is 12.1. The van der Waals surface area contributed by atoms with Gasteiger partial charge in [-0.3, -0.25) is 0 Å². The molecule has 0 aliphatic heterocycles. The van der Waals surface area contributed by atoms with Crippen LogP contribution in [0.3, 0.4) is 0 Å². The molecule has 0 bridgehead atoms. The minimum atomic E-state index is -0.730. The van der Waals surface area contributed by atoms with Gasteiger partial charge in [0.05, 0.1) is 0 Å². The highest BCUT2D eigenvalue weighted by molar-refractivity contribution is 5.60. The zero-order valence-corrected chi connectivity index (χ0v) is 18.8. The number of benzene rings is 4. The Bertz CT molecular complexity index is 1100. The van der Waals surface area contributed by atoms with Crippen LogP contribution in [0.15, 0.2) is 109 Å². The van der Waals surface area contributed by atoms with Gasteiger partial charge in [0, 0.05) is 6.07 Å². The minimum absolute atomic E-state index is 0.0395. The molecule has 0 heterocycles. The van der Waals surface area contributed by atoms with E-state index < -0.39 is 6.16 Å². The standard InChI is InChI=1S/C29H26O5/c30-29(33-21-25-14-8-3-9-15-25)34-22-26-16-27(31-19-23-10-4-1-5-11-23)18-28(17-26)32-20-24-12-6-2-7-13-24/h1-18H,19-22H2. The number of ether oxygens (including phenoxy) is 4. The second kappa shape index (κ2) is 12.1. The van der Waals surface area contributed by atoms with Crippen LogP contribution < -0.4 is 9.47 Å². The molecule has 0 aliphatic rings. The van der Waals surface area contributed by atoms with Crippen LogP contribution in [-0.2, 0) is 35.9 Å². The van der Waals surface area contributed by atoms with Gasteiger partial charge in [0.1, 0.15) is 37.9 Å². The van der Waals surface area contributed by atoms with E-state index in [0.29, 0.717) is 24.7 Å². The van der Waals surface area contributed by atoms with Crippen LogP contribution in [0.25, 0.3) is 0 Å². The summed E-state index contributed by atoms with van der Waals surface area (Å²) in [7, 11) is 0. The molecule has 4 aromatic carbocycles. The Balaban J connectivity index is 1.39. The van der Waals surface area contributed by atoms with E-state index in [0.717, 1.165) is 22.3 Å². The molecule has 0 radical (unpaired) electrons. The van der Waals surface area contributed by atoms with Crippen LogP contribution >= 0.6 is 0 Å². The first kappa shape index (κ1) is 22.9. The van der Waals surface area contributed by atoms with E-state index in [2.05, 4.69) is 0 Å². The van der Waals surface area contributed by atoms with Crippen molar-refractivity contribution in [3.05, 3.63) is 131 Å². The molecule has 0 atom stereocenters. The molecule has 172 valence electrons. The highest BCUT2D eigenvalue weighted by Crippen LogP contribution is 2.25. The summed E-state index contributed by atoms with van der Waals surface area (Å²) in [6.07, 6.45) is -0.730. The normalized spacial score (nSPS) is 10.4. The smallest absolute Gasteiger partial charge is 0.489 e. The van der Waals surface area contributed by atoms with Gasteiger partial charge in [-0.15, -0.1) is 0 Å². The minimum Gasteiger partial charge on any atom is -0.489 e. The molecule has 0 amide bonds. The second-order valence-corrected chi connectivity index (χ2v) is 7.67. The molecular formula is C29H26O5. The first-order valence-corrected chi connectivity index (χ1v) is 11.1. The molecule has 5 heteroatoms. The summed E-state index contributed by atoms with van der Waals surface area (Å²) >= 11 is 0. The molecule has 34 heavy (non-hydrogen) atoms. The summed E-state index contributed by atoms with van der Waals surface area (Å²) in [5, 5.41) is 0. The van der Waals surface area contributed by atoms with Crippen LogP contribution in [0.1, 0.15) is 22.3 Å². The molecule has 0 N–H and O–H groups in total. The van der Waals surface area contributed by atoms with Crippen molar-refractivity contribution in [1.29, 1.82) is 0 Å².